The molecule has 1 saturated heterocycles. The topological polar surface area (TPSA) is 87.3 Å². The van der Waals surface area contributed by atoms with Crippen LogP contribution in [0.25, 0.3) is 0 Å². The molecule has 2 rings (SSSR count). The second-order valence-electron chi connectivity index (χ2n) is 3.77. The summed E-state index contributed by atoms with van der Waals surface area (Å²) in [4.78, 5) is 33.6. The maximum atomic E-state index is 12.6. The molecule has 0 radical (unpaired) electrons. The number of carbonyl (C=O) groups is 3. The van der Waals surface area contributed by atoms with E-state index >= 15 is 0 Å². The molecule has 6 nitrogen and oxygen atoms in total. The Morgan fingerprint density at radius 3 is 2.50 bits per heavy atom. The van der Waals surface area contributed by atoms with Gasteiger partial charge in [-0.3, -0.25) is 14.9 Å². The molecule has 1 aromatic rings. The van der Waals surface area contributed by atoms with Crippen molar-refractivity contribution in [3.05, 3.63) is 30.1 Å². The SMILES string of the molecule is O=C(C[C@H]1NC(=O)NC1=O)Nc1ccc(F)cc1. The first-order valence-corrected chi connectivity index (χ1v) is 5.21. The van der Waals surface area contributed by atoms with E-state index < -0.39 is 29.7 Å². The Labute approximate surface area is 102 Å². The zero-order valence-electron chi connectivity index (χ0n) is 9.20. The fourth-order valence-corrected chi connectivity index (χ4v) is 1.53. The lowest BCUT2D eigenvalue weighted by Gasteiger charge is -2.08. The van der Waals surface area contributed by atoms with Crippen LogP contribution in [0.3, 0.4) is 0 Å². The number of nitrogens with one attached hydrogen (secondary N) is 3. The molecule has 7 heteroatoms. The Morgan fingerprint density at radius 1 is 1.28 bits per heavy atom. The number of hydrogen-bond donors (Lipinski definition) is 3. The number of urea groups is 1. The number of amides is 4. The Balaban J connectivity index is 1.91. The van der Waals surface area contributed by atoms with E-state index in [1.807, 2.05) is 5.32 Å². The largest absolute Gasteiger partial charge is 0.326 e. The number of rotatable bonds is 3. The molecule has 1 atom stereocenters. The van der Waals surface area contributed by atoms with Crippen LogP contribution in [0.2, 0.25) is 0 Å². The third-order valence-electron chi connectivity index (χ3n) is 2.38. The number of halogens is 1. The minimum Gasteiger partial charge on any atom is -0.326 e. The Morgan fingerprint density at radius 2 is 1.94 bits per heavy atom. The second kappa shape index (κ2) is 4.82. The van der Waals surface area contributed by atoms with Crippen molar-refractivity contribution in [2.24, 2.45) is 0 Å². The highest BCUT2D eigenvalue weighted by Gasteiger charge is 2.31. The summed E-state index contributed by atoms with van der Waals surface area (Å²) in [5.74, 6) is -1.38. The van der Waals surface area contributed by atoms with Gasteiger partial charge in [0, 0.05) is 5.69 Å². The molecule has 1 aliphatic rings. The van der Waals surface area contributed by atoms with Gasteiger partial charge in [0.25, 0.3) is 5.91 Å². The van der Waals surface area contributed by atoms with Gasteiger partial charge in [-0.25, -0.2) is 9.18 Å². The highest BCUT2D eigenvalue weighted by atomic mass is 19.1. The second-order valence-corrected chi connectivity index (χ2v) is 3.77. The van der Waals surface area contributed by atoms with E-state index in [1.165, 1.54) is 24.3 Å². The lowest BCUT2D eigenvalue weighted by atomic mass is 10.2. The molecular weight excluding hydrogens is 241 g/mol. The van der Waals surface area contributed by atoms with E-state index in [0.29, 0.717) is 5.69 Å². The molecule has 0 aliphatic carbocycles. The Kier molecular flexibility index (Phi) is 3.22. The molecule has 1 fully saturated rings. The average molecular weight is 251 g/mol. The Bertz CT molecular complexity index is 501. The van der Waals surface area contributed by atoms with Crippen molar-refractivity contribution in [2.75, 3.05) is 5.32 Å². The molecule has 4 amide bonds. The zero-order chi connectivity index (χ0) is 13.1. The molecule has 1 aliphatic heterocycles. The molecule has 0 bridgehead atoms. The van der Waals surface area contributed by atoms with E-state index in [0.717, 1.165) is 0 Å². The minimum atomic E-state index is -0.863. The van der Waals surface area contributed by atoms with E-state index in [1.54, 1.807) is 0 Å². The van der Waals surface area contributed by atoms with E-state index in [4.69, 9.17) is 0 Å². The van der Waals surface area contributed by atoms with Gasteiger partial charge in [0.1, 0.15) is 11.9 Å². The molecule has 0 aromatic heterocycles. The lowest BCUT2D eigenvalue weighted by molar-refractivity contribution is -0.124. The summed E-state index contributed by atoms with van der Waals surface area (Å²) in [5, 5.41) is 6.83. The predicted octanol–water partition coefficient (Wildman–Crippen LogP) is 0.362. The van der Waals surface area contributed by atoms with Gasteiger partial charge in [-0.05, 0) is 24.3 Å². The molecule has 3 N–H and O–H groups in total. The van der Waals surface area contributed by atoms with Crippen LogP contribution < -0.4 is 16.0 Å². The predicted molar refractivity (Wildman–Crippen MR) is 60.1 cm³/mol. The van der Waals surface area contributed by atoms with Crippen LogP contribution in [0.5, 0.6) is 0 Å². The third-order valence-corrected chi connectivity index (χ3v) is 2.38. The molecule has 1 aromatic carbocycles. The summed E-state index contributed by atoms with van der Waals surface area (Å²) in [6, 6.07) is 3.75. The van der Waals surface area contributed by atoms with Gasteiger partial charge in [0.15, 0.2) is 0 Å². The van der Waals surface area contributed by atoms with Gasteiger partial charge < -0.3 is 10.6 Å². The van der Waals surface area contributed by atoms with Gasteiger partial charge >= 0.3 is 6.03 Å². The molecule has 94 valence electrons. The highest BCUT2D eigenvalue weighted by Crippen LogP contribution is 2.09. The zero-order valence-corrected chi connectivity index (χ0v) is 9.20. The first-order chi connectivity index (χ1) is 8.54. The summed E-state index contributed by atoms with van der Waals surface area (Å²) >= 11 is 0. The number of benzene rings is 1. The normalized spacial score (nSPS) is 18.2. The highest BCUT2D eigenvalue weighted by molar-refractivity contribution is 6.06. The summed E-state index contributed by atoms with van der Waals surface area (Å²) in [6.07, 6.45) is -0.172. The van der Waals surface area contributed by atoms with Crippen molar-refractivity contribution < 1.29 is 18.8 Å². The van der Waals surface area contributed by atoms with Crippen LogP contribution in [0, 0.1) is 5.82 Å². The molecule has 1 heterocycles. The monoisotopic (exact) mass is 251 g/mol. The van der Waals surface area contributed by atoms with Crippen molar-refractivity contribution in [3.63, 3.8) is 0 Å². The molecule has 18 heavy (non-hydrogen) atoms. The maximum absolute atomic E-state index is 12.6. The van der Waals surface area contributed by atoms with Gasteiger partial charge in [0.05, 0.1) is 6.42 Å². The van der Waals surface area contributed by atoms with Crippen molar-refractivity contribution in [2.45, 2.75) is 12.5 Å². The number of carbonyl (C=O) groups excluding carboxylic acids is 3. The van der Waals surface area contributed by atoms with Gasteiger partial charge in [-0.1, -0.05) is 0 Å². The van der Waals surface area contributed by atoms with Crippen LogP contribution in [0.4, 0.5) is 14.9 Å². The molecular formula is C11H10FN3O3. The van der Waals surface area contributed by atoms with Crippen molar-refractivity contribution in [1.82, 2.24) is 10.6 Å². The fraction of sp³-hybridized carbons (Fsp3) is 0.182. The smallest absolute Gasteiger partial charge is 0.322 e. The third kappa shape index (κ3) is 2.82. The van der Waals surface area contributed by atoms with E-state index in [2.05, 4.69) is 10.6 Å². The summed E-state index contributed by atoms with van der Waals surface area (Å²) in [7, 11) is 0. The lowest BCUT2D eigenvalue weighted by Crippen LogP contribution is -2.33. The summed E-state index contributed by atoms with van der Waals surface area (Å²) < 4.78 is 12.6. The van der Waals surface area contributed by atoms with E-state index in [-0.39, 0.29) is 6.42 Å². The van der Waals surface area contributed by atoms with Gasteiger partial charge in [0.2, 0.25) is 5.91 Å². The molecule has 0 spiro atoms. The van der Waals surface area contributed by atoms with Gasteiger partial charge in [-0.2, -0.15) is 0 Å². The molecule has 0 unspecified atom stereocenters. The standard InChI is InChI=1S/C11H10FN3O3/c12-6-1-3-7(4-2-6)13-9(16)5-8-10(17)15-11(18)14-8/h1-4,8H,5H2,(H,13,16)(H2,14,15,17,18)/t8-/m1/s1. The van der Waals surface area contributed by atoms with Crippen LogP contribution >= 0.6 is 0 Å². The van der Waals surface area contributed by atoms with Crippen molar-refractivity contribution in [1.29, 1.82) is 0 Å². The fourth-order valence-electron chi connectivity index (χ4n) is 1.53. The number of anilines is 1. The van der Waals surface area contributed by atoms with Crippen LogP contribution in [0.15, 0.2) is 24.3 Å². The first-order valence-electron chi connectivity index (χ1n) is 5.21. The van der Waals surface area contributed by atoms with Crippen LogP contribution in [-0.4, -0.2) is 23.9 Å². The maximum Gasteiger partial charge on any atom is 0.322 e. The number of hydrogen-bond acceptors (Lipinski definition) is 3. The van der Waals surface area contributed by atoms with Crippen molar-refractivity contribution >= 4 is 23.5 Å². The van der Waals surface area contributed by atoms with Crippen molar-refractivity contribution in [3.8, 4) is 0 Å². The van der Waals surface area contributed by atoms with Gasteiger partial charge in [-0.15, -0.1) is 0 Å². The summed E-state index contributed by atoms with van der Waals surface area (Å²) in [5.41, 5.74) is 0.422. The first kappa shape index (κ1) is 12.0. The van der Waals surface area contributed by atoms with Crippen LogP contribution in [-0.2, 0) is 9.59 Å². The number of imide groups is 1. The summed E-state index contributed by atoms with van der Waals surface area (Å²) in [6.45, 7) is 0. The minimum absolute atomic E-state index is 0.172. The van der Waals surface area contributed by atoms with E-state index in [9.17, 15) is 18.8 Å². The van der Waals surface area contributed by atoms with Crippen LogP contribution in [0.1, 0.15) is 6.42 Å². The average Bonchev–Trinajstić information content (AvgIpc) is 2.61. The Hall–Kier alpha value is -2.44. The molecule has 0 saturated carbocycles. The quantitative estimate of drug-likeness (QED) is 0.678.